The number of halogens is 1. The highest BCUT2D eigenvalue weighted by Crippen LogP contribution is 2.44. The summed E-state index contributed by atoms with van der Waals surface area (Å²) in [5.74, 6) is -0.00932. The number of rotatable bonds is 6. The third-order valence-corrected chi connectivity index (χ3v) is 7.91. The van der Waals surface area contributed by atoms with Crippen LogP contribution >= 0.6 is 11.6 Å². The molecule has 196 valence electrons. The maximum atomic E-state index is 12.9. The van der Waals surface area contributed by atoms with Crippen LogP contribution < -0.4 is 5.32 Å². The predicted molar refractivity (Wildman–Crippen MR) is 150 cm³/mol. The molecule has 1 amide bonds. The molecule has 2 aliphatic rings. The van der Waals surface area contributed by atoms with Gasteiger partial charge in [-0.05, 0) is 73.6 Å². The number of alkyl carbamates (subject to hydrolysis) is 1. The molecule has 1 saturated heterocycles. The van der Waals surface area contributed by atoms with E-state index in [-0.39, 0.29) is 24.8 Å². The highest BCUT2D eigenvalue weighted by Gasteiger charge is 2.52. The average molecular weight is 532 g/mol. The molecule has 1 aliphatic carbocycles. The standard InChI is InChI=1S/C30H31BClNO5/c1-29(2)30(3,4)38-31(37-29)20(15-19-13-14-21(32)16-27(19)34)17-33-28(35)36-18-26-24-11-7-5-9-22(24)23-10-6-8-12-25(23)26/h5-16,26,34H,17-18H2,1-4H3,(H,33,35). The number of nitrogens with one attached hydrogen (secondary N) is 1. The Labute approximate surface area is 228 Å². The van der Waals surface area contributed by atoms with Crippen molar-refractivity contribution in [1.82, 2.24) is 5.32 Å². The van der Waals surface area contributed by atoms with E-state index in [1.54, 1.807) is 18.2 Å². The molecular weight excluding hydrogens is 501 g/mol. The van der Waals surface area contributed by atoms with Gasteiger partial charge in [-0.2, -0.15) is 0 Å². The third-order valence-electron chi connectivity index (χ3n) is 7.67. The maximum Gasteiger partial charge on any atom is 0.492 e. The number of fused-ring (bicyclic) bond motifs is 3. The summed E-state index contributed by atoms with van der Waals surface area (Å²) in [7, 11) is -0.719. The van der Waals surface area contributed by atoms with Gasteiger partial charge in [0.2, 0.25) is 0 Å². The molecule has 6 nitrogen and oxygen atoms in total. The van der Waals surface area contributed by atoms with Crippen molar-refractivity contribution in [3.05, 3.63) is 93.9 Å². The molecule has 0 aromatic heterocycles. The minimum Gasteiger partial charge on any atom is -0.507 e. The number of phenolic OH excluding ortho intramolecular Hbond substituents is 1. The number of phenols is 1. The van der Waals surface area contributed by atoms with Gasteiger partial charge >= 0.3 is 13.2 Å². The average Bonchev–Trinajstić information content (AvgIpc) is 3.30. The fourth-order valence-corrected chi connectivity index (χ4v) is 5.03. The highest BCUT2D eigenvalue weighted by atomic mass is 35.5. The van der Waals surface area contributed by atoms with E-state index in [1.165, 1.54) is 17.2 Å². The minimum atomic E-state index is -0.719. The van der Waals surface area contributed by atoms with Crippen molar-refractivity contribution in [3.63, 3.8) is 0 Å². The van der Waals surface area contributed by atoms with Crippen LogP contribution in [0.4, 0.5) is 4.79 Å². The van der Waals surface area contributed by atoms with E-state index < -0.39 is 24.4 Å². The third kappa shape index (κ3) is 5.06. The van der Waals surface area contributed by atoms with Crippen LogP contribution in [0.25, 0.3) is 17.2 Å². The number of ether oxygens (including phenoxy) is 1. The van der Waals surface area contributed by atoms with Crippen LogP contribution in [0.15, 0.2) is 72.2 Å². The smallest absolute Gasteiger partial charge is 0.492 e. The summed E-state index contributed by atoms with van der Waals surface area (Å²) >= 11 is 6.01. The summed E-state index contributed by atoms with van der Waals surface area (Å²) in [6.07, 6.45) is 1.20. The lowest BCUT2D eigenvalue weighted by atomic mass is 9.77. The zero-order valence-electron chi connectivity index (χ0n) is 22.0. The van der Waals surface area contributed by atoms with Gasteiger partial charge in [-0.15, -0.1) is 0 Å². The van der Waals surface area contributed by atoms with E-state index in [2.05, 4.69) is 29.6 Å². The Balaban J connectivity index is 1.31. The van der Waals surface area contributed by atoms with Gasteiger partial charge in [-0.3, -0.25) is 0 Å². The highest BCUT2D eigenvalue weighted by molar-refractivity contribution is 6.56. The first-order valence-electron chi connectivity index (χ1n) is 12.7. The van der Waals surface area contributed by atoms with Crippen molar-refractivity contribution in [2.24, 2.45) is 0 Å². The van der Waals surface area contributed by atoms with Crippen molar-refractivity contribution in [3.8, 4) is 16.9 Å². The molecule has 3 aromatic carbocycles. The van der Waals surface area contributed by atoms with Crippen LogP contribution in [-0.4, -0.2) is 42.7 Å². The molecule has 0 radical (unpaired) electrons. The summed E-state index contributed by atoms with van der Waals surface area (Å²) in [4.78, 5) is 12.9. The lowest BCUT2D eigenvalue weighted by molar-refractivity contribution is 0.00578. The van der Waals surface area contributed by atoms with E-state index in [0.29, 0.717) is 16.1 Å². The van der Waals surface area contributed by atoms with Crippen molar-refractivity contribution >= 4 is 30.9 Å². The molecule has 0 spiro atoms. The molecule has 0 atom stereocenters. The van der Waals surface area contributed by atoms with Crippen LogP contribution in [0.2, 0.25) is 5.02 Å². The monoisotopic (exact) mass is 531 g/mol. The summed E-state index contributed by atoms with van der Waals surface area (Å²) < 4.78 is 18.1. The molecule has 0 unspecified atom stereocenters. The Morgan fingerprint density at radius 2 is 1.58 bits per heavy atom. The fraction of sp³-hybridized carbons (Fsp3) is 0.300. The Hall–Kier alpha value is -3.26. The Bertz CT molecular complexity index is 1340. The molecule has 2 N–H and O–H groups in total. The molecule has 1 aliphatic heterocycles. The van der Waals surface area contributed by atoms with E-state index in [4.69, 9.17) is 25.6 Å². The predicted octanol–water partition coefficient (Wildman–Crippen LogP) is 6.60. The van der Waals surface area contributed by atoms with Gasteiger partial charge < -0.3 is 24.5 Å². The van der Waals surface area contributed by atoms with Gasteiger partial charge in [-0.1, -0.05) is 66.2 Å². The number of hydrogen-bond acceptors (Lipinski definition) is 5. The summed E-state index contributed by atoms with van der Waals surface area (Å²) in [5.41, 5.74) is 4.68. The number of carbonyl (C=O) groups excluding carboxylic acids is 1. The second-order valence-electron chi connectivity index (χ2n) is 10.7. The Morgan fingerprint density at radius 1 is 1.00 bits per heavy atom. The molecule has 1 heterocycles. The Morgan fingerprint density at radius 3 is 2.16 bits per heavy atom. The van der Waals surface area contributed by atoms with E-state index in [1.807, 2.05) is 52.0 Å². The molecule has 1 fully saturated rings. The van der Waals surface area contributed by atoms with Crippen molar-refractivity contribution in [1.29, 1.82) is 0 Å². The quantitative estimate of drug-likeness (QED) is 0.351. The van der Waals surface area contributed by atoms with E-state index in [9.17, 15) is 9.90 Å². The number of amides is 1. The zero-order valence-corrected chi connectivity index (χ0v) is 22.7. The van der Waals surface area contributed by atoms with Crippen LogP contribution in [-0.2, 0) is 14.0 Å². The zero-order chi connectivity index (χ0) is 27.1. The number of aromatic hydroxyl groups is 1. The molecule has 5 rings (SSSR count). The van der Waals surface area contributed by atoms with Crippen LogP contribution in [0.3, 0.4) is 0 Å². The normalized spacial score (nSPS) is 17.7. The van der Waals surface area contributed by atoms with Gasteiger partial charge in [0.1, 0.15) is 12.4 Å². The Kier molecular flexibility index (Phi) is 7.03. The second kappa shape index (κ2) is 10.1. The van der Waals surface area contributed by atoms with Gasteiger partial charge in [0.15, 0.2) is 0 Å². The lowest BCUT2D eigenvalue weighted by Gasteiger charge is -2.32. The molecule has 38 heavy (non-hydrogen) atoms. The van der Waals surface area contributed by atoms with Gasteiger partial charge in [0.05, 0.1) is 11.2 Å². The van der Waals surface area contributed by atoms with Crippen LogP contribution in [0.1, 0.15) is 50.3 Å². The lowest BCUT2D eigenvalue weighted by Crippen LogP contribution is -2.41. The van der Waals surface area contributed by atoms with Crippen LogP contribution in [0, 0.1) is 0 Å². The van der Waals surface area contributed by atoms with Gasteiger partial charge in [0, 0.05) is 23.0 Å². The summed E-state index contributed by atoms with van der Waals surface area (Å²) in [6, 6.07) is 21.3. The first kappa shape index (κ1) is 26.4. The van der Waals surface area contributed by atoms with Crippen molar-refractivity contribution in [2.45, 2.75) is 44.8 Å². The first-order valence-corrected chi connectivity index (χ1v) is 13.1. The van der Waals surface area contributed by atoms with Gasteiger partial charge in [-0.25, -0.2) is 4.79 Å². The number of carbonyl (C=O) groups is 1. The molecule has 3 aromatic rings. The molecule has 0 bridgehead atoms. The van der Waals surface area contributed by atoms with Crippen molar-refractivity contribution in [2.75, 3.05) is 13.2 Å². The first-order chi connectivity index (χ1) is 18.1. The largest absolute Gasteiger partial charge is 0.507 e. The SMILES string of the molecule is CC1(C)OB(C(=Cc2ccc(Cl)cc2O)CNC(=O)OCC2c3ccccc3-c3ccccc32)OC1(C)C. The van der Waals surface area contributed by atoms with Gasteiger partial charge in [0.25, 0.3) is 0 Å². The molecule has 0 saturated carbocycles. The number of benzene rings is 3. The van der Waals surface area contributed by atoms with E-state index >= 15 is 0 Å². The molecular formula is C30H31BClNO5. The number of hydrogen-bond donors (Lipinski definition) is 2. The fourth-order valence-electron chi connectivity index (χ4n) is 4.86. The summed E-state index contributed by atoms with van der Waals surface area (Å²) in [6.45, 7) is 8.17. The topological polar surface area (TPSA) is 77.0 Å². The summed E-state index contributed by atoms with van der Waals surface area (Å²) in [5, 5.41) is 13.7. The van der Waals surface area contributed by atoms with Crippen LogP contribution in [0.5, 0.6) is 5.75 Å². The van der Waals surface area contributed by atoms with Crippen molar-refractivity contribution < 1.29 is 23.9 Å². The van der Waals surface area contributed by atoms with E-state index in [0.717, 1.165) is 11.1 Å². The molecule has 8 heteroatoms. The second-order valence-corrected chi connectivity index (χ2v) is 11.1. The maximum absolute atomic E-state index is 12.9. The minimum absolute atomic E-state index is 0.0210.